The lowest BCUT2D eigenvalue weighted by Gasteiger charge is -2.23. The van der Waals surface area contributed by atoms with Crippen LogP contribution in [0.2, 0.25) is 0 Å². The van der Waals surface area contributed by atoms with Crippen LogP contribution in [0.4, 0.5) is 5.69 Å². The molecule has 0 heterocycles. The van der Waals surface area contributed by atoms with Crippen molar-refractivity contribution < 1.29 is 19.5 Å². The average molecular weight is 340 g/mol. The first-order valence-corrected chi connectivity index (χ1v) is 8.66. The van der Waals surface area contributed by atoms with Gasteiger partial charge in [0.1, 0.15) is 0 Å². The van der Waals surface area contributed by atoms with E-state index in [9.17, 15) is 19.5 Å². The van der Waals surface area contributed by atoms with Crippen LogP contribution in [0.25, 0.3) is 0 Å². The van der Waals surface area contributed by atoms with Crippen molar-refractivity contribution in [2.75, 3.05) is 5.32 Å². The largest absolute Gasteiger partial charge is 0.481 e. The first-order valence-electron chi connectivity index (χ1n) is 8.66. The summed E-state index contributed by atoms with van der Waals surface area (Å²) in [5, 5.41) is 15.2. The number of allylic oxidation sites excluding steroid dienone is 2. The average Bonchev–Trinajstić information content (AvgIpc) is 3.16. The summed E-state index contributed by atoms with van der Waals surface area (Å²) in [6.07, 6.45) is 6.61. The molecule has 3 N–H and O–H groups in total. The normalized spacial score (nSPS) is 29.4. The maximum Gasteiger partial charge on any atom is 0.307 e. The van der Waals surface area contributed by atoms with Gasteiger partial charge in [-0.1, -0.05) is 18.2 Å². The smallest absolute Gasteiger partial charge is 0.307 e. The van der Waals surface area contributed by atoms with Crippen molar-refractivity contribution in [3.63, 3.8) is 0 Å². The van der Waals surface area contributed by atoms with Gasteiger partial charge < -0.3 is 15.7 Å². The van der Waals surface area contributed by atoms with Gasteiger partial charge in [0, 0.05) is 17.3 Å². The van der Waals surface area contributed by atoms with Crippen LogP contribution in [0, 0.1) is 23.7 Å². The van der Waals surface area contributed by atoms with Crippen LogP contribution in [0.3, 0.4) is 0 Å². The summed E-state index contributed by atoms with van der Waals surface area (Å²) in [6, 6.07) is 7.03. The predicted octanol–water partition coefficient (Wildman–Crippen LogP) is 2.04. The summed E-state index contributed by atoms with van der Waals surface area (Å²) in [4.78, 5) is 36.3. The molecule has 0 aromatic heterocycles. The van der Waals surface area contributed by atoms with Gasteiger partial charge in [-0.25, -0.2) is 0 Å². The van der Waals surface area contributed by atoms with E-state index in [0.717, 1.165) is 19.3 Å². The van der Waals surface area contributed by atoms with Crippen molar-refractivity contribution in [3.05, 3.63) is 42.0 Å². The Bertz CT molecular complexity index is 768. The highest BCUT2D eigenvalue weighted by Gasteiger charge is 2.51. The van der Waals surface area contributed by atoms with Crippen LogP contribution in [0.1, 0.15) is 29.6 Å². The van der Waals surface area contributed by atoms with E-state index in [1.54, 1.807) is 24.3 Å². The number of nitrogens with one attached hydrogen (secondary N) is 2. The number of aliphatic carboxylic acids is 1. The zero-order chi connectivity index (χ0) is 17.6. The molecular formula is C19H20N2O4. The highest BCUT2D eigenvalue weighted by atomic mass is 16.4. The molecule has 6 heteroatoms. The maximum atomic E-state index is 12.7. The molecule has 0 aliphatic heterocycles. The Kier molecular flexibility index (Phi) is 3.82. The van der Waals surface area contributed by atoms with E-state index in [1.165, 1.54) is 0 Å². The highest BCUT2D eigenvalue weighted by molar-refractivity contribution is 5.99. The quantitative estimate of drug-likeness (QED) is 0.715. The Morgan fingerprint density at radius 2 is 1.76 bits per heavy atom. The fraction of sp³-hybridized carbons (Fsp3) is 0.421. The van der Waals surface area contributed by atoms with Crippen LogP contribution in [-0.4, -0.2) is 28.9 Å². The SMILES string of the molecule is O=C(NC1CC1)c1cccc(NC(=O)[C@@H]2[C@@H](C(=O)O)[C@H]3C=C[C@H]2C3)c1. The second-order valence-corrected chi connectivity index (χ2v) is 7.16. The molecule has 0 unspecified atom stereocenters. The maximum absolute atomic E-state index is 12.7. The fourth-order valence-corrected chi connectivity index (χ4v) is 3.98. The van der Waals surface area contributed by atoms with Crippen molar-refractivity contribution in [1.29, 1.82) is 0 Å². The third kappa shape index (κ3) is 3.04. The number of hydrogen-bond acceptors (Lipinski definition) is 3. The minimum absolute atomic E-state index is 0.0209. The molecule has 3 aliphatic carbocycles. The molecule has 1 aromatic rings. The van der Waals surface area contributed by atoms with E-state index in [1.807, 2.05) is 12.2 Å². The van der Waals surface area contributed by atoms with Crippen LogP contribution in [-0.2, 0) is 9.59 Å². The van der Waals surface area contributed by atoms with Gasteiger partial charge in [0.05, 0.1) is 11.8 Å². The molecule has 130 valence electrons. The van der Waals surface area contributed by atoms with Crippen molar-refractivity contribution in [2.24, 2.45) is 23.7 Å². The minimum Gasteiger partial charge on any atom is -0.481 e. The number of hydrogen-bond donors (Lipinski definition) is 3. The summed E-state index contributed by atoms with van der Waals surface area (Å²) < 4.78 is 0. The first-order chi connectivity index (χ1) is 12.0. The number of benzene rings is 1. The lowest BCUT2D eigenvalue weighted by Crippen LogP contribution is -2.36. The Balaban J connectivity index is 1.48. The summed E-state index contributed by atoms with van der Waals surface area (Å²) in [5.41, 5.74) is 1.01. The molecule has 2 bridgehead atoms. The van der Waals surface area contributed by atoms with E-state index in [2.05, 4.69) is 10.6 Å². The van der Waals surface area contributed by atoms with Gasteiger partial charge in [0.15, 0.2) is 0 Å². The van der Waals surface area contributed by atoms with Gasteiger partial charge in [-0.2, -0.15) is 0 Å². The molecule has 6 nitrogen and oxygen atoms in total. The number of fused-ring (bicyclic) bond motifs is 2. The first kappa shape index (κ1) is 15.9. The van der Waals surface area contributed by atoms with Crippen LogP contribution in [0.15, 0.2) is 36.4 Å². The summed E-state index contributed by atoms with van der Waals surface area (Å²) in [6.45, 7) is 0. The Labute approximate surface area is 145 Å². The van der Waals surface area contributed by atoms with Crippen LogP contribution < -0.4 is 10.6 Å². The number of carbonyl (C=O) groups excluding carboxylic acids is 2. The Morgan fingerprint density at radius 3 is 2.44 bits per heavy atom. The summed E-state index contributed by atoms with van der Waals surface area (Å²) in [7, 11) is 0. The second kappa shape index (κ2) is 6.02. The number of carboxylic acid groups (broad SMARTS) is 1. The number of carbonyl (C=O) groups is 3. The van der Waals surface area contributed by atoms with E-state index in [0.29, 0.717) is 11.3 Å². The fourth-order valence-electron chi connectivity index (χ4n) is 3.98. The minimum atomic E-state index is -0.922. The van der Waals surface area contributed by atoms with Crippen LogP contribution in [0.5, 0.6) is 0 Å². The van der Waals surface area contributed by atoms with E-state index >= 15 is 0 Å². The van der Waals surface area contributed by atoms with Crippen molar-refractivity contribution >= 4 is 23.5 Å². The van der Waals surface area contributed by atoms with E-state index in [-0.39, 0.29) is 29.7 Å². The Morgan fingerprint density at radius 1 is 1.04 bits per heavy atom. The standard InChI is InChI=1S/C19H20N2O4/c22-17(20-13-6-7-13)12-2-1-3-14(9-12)21-18(23)15-10-4-5-11(8-10)16(15)19(24)25/h1-5,9-11,13,15-16H,6-8H2,(H,20,22)(H,21,23)(H,24,25)/t10-,11-,15-,16-/m0/s1. The lowest BCUT2D eigenvalue weighted by molar-refractivity contribution is -0.146. The van der Waals surface area contributed by atoms with Gasteiger partial charge in [-0.15, -0.1) is 0 Å². The third-order valence-corrected chi connectivity index (χ3v) is 5.35. The molecular weight excluding hydrogens is 320 g/mol. The molecule has 4 atom stereocenters. The van der Waals surface area contributed by atoms with E-state index < -0.39 is 17.8 Å². The molecule has 4 rings (SSSR count). The second-order valence-electron chi connectivity index (χ2n) is 7.16. The van der Waals surface area contributed by atoms with Gasteiger partial charge in [0.25, 0.3) is 5.91 Å². The molecule has 2 amide bonds. The Hall–Kier alpha value is -2.63. The van der Waals surface area contributed by atoms with Crippen LogP contribution >= 0.6 is 0 Å². The molecule has 25 heavy (non-hydrogen) atoms. The number of anilines is 1. The lowest BCUT2D eigenvalue weighted by atomic mass is 9.82. The molecule has 2 saturated carbocycles. The summed E-state index contributed by atoms with van der Waals surface area (Å²) >= 11 is 0. The molecule has 2 fully saturated rings. The van der Waals surface area contributed by atoms with E-state index in [4.69, 9.17) is 0 Å². The zero-order valence-corrected chi connectivity index (χ0v) is 13.6. The predicted molar refractivity (Wildman–Crippen MR) is 90.9 cm³/mol. The van der Waals surface area contributed by atoms with Gasteiger partial charge in [-0.3, -0.25) is 14.4 Å². The molecule has 0 saturated heterocycles. The number of rotatable bonds is 5. The molecule has 0 radical (unpaired) electrons. The van der Waals surface area contributed by atoms with Gasteiger partial charge in [0.2, 0.25) is 5.91 Å². The van der Waals surface area contributed by atoms with Gasteiger partial charge >= 0.3 is 5.97 Å². The van der Waals surface area contributed by atoms with Crippen molar-refractivity contribution in [3.8, 4) is 0 Å². The topological polar surface area (TPSA) is 95.5 Å². The molecule has 1 aromatic carbocycles. The molecule has 3 aliphatic rings. The summed E-state index contributed by atoms with van der Waals surface area (Å²) in [5.74, 6) is -2.67. The van der Waals surface area contributed by atoms with Gasteiger partial charge in [-0.05, 0) is 49.3 Å². The monoisotopic (exact) mass is 340 g/mol. The third-order valence-electron chi connectivity index (χ3n) is 5.35. The van der Waals surface area contributed by atoms with Crippen molar-refractivity contribution in [2.45, 2.75) is 25.3 Å². The number of carboxylic acids is 1. The zero-order valence-electron chi connectivity index (χ0n) is 13.6. The number of amides is 2. The van der Waals surface area contributed by atoms with Crippen molar-refractivity contribution in [1.82, 2.24) is 5.32 Å². The highest BCUT2D eigenvalue weighted by Crippen LogP contribution is 2.48. The molecule has 0 spiro atoms.